The van der Waals surface area contributed by atoms with Crippen LogP contribution in [-0.4, -0.2) is 47.7 Å². The van der Waals surface area contributed by atoms with E-state index in [9.17, 15) is 9.59 Å². The number of likely N-dealkylation sites (tertiary alicyclic amines) is 1. The molecule has 5 nitrogen and oxygen atoms in total. The standard InChI is InChI=1S/C22H39NO4/c1-4-5-6-7-8-9-10-11-21(25)23-14-12-20(17-23)16-19(3)27-22(26)18(2)13-15-24/h13,19-20,24H,4-12,14-17H2,1-3H3. The molecule has 0 spiro atoms. The Kier molecular flexibility index (Phi) is 12.1. The lowest BCUT2D eigenvalue weighted by Crippen LogP contribution is -2.29. The fourth-order valence-electron chi connectivity index (χ4n) is 3.66. The molecule has 0 radical (unpaired) electrons. The van der Waals surface area contributed by atoms with Crippen LogP contribution in [0.25, 0.3) is 0 Å². The maximum atomic E-state index is 12.4. The lowest BCUT2D eigenvalue weighted by Gasteiger charge is -2.19. The van der Waals surface area contributed by atoms with Crippen LogP contribution in [0.15, 0.2) is 11.6 Å². The molecule has 1 aliphatic heterocycles. The molecule has 2 atom stereocenters. The maximum absolute atomic E-state index is 12.4. The van der Waals surface area contributed by atoms with E-state index in [0.29, 0.717) is 17.9 Å². The Morgan fingerprint density at radius 3 is 2.52 bits per heavy atom. The van der Waals surface area contributed by atoms with Crippen molar-refractivity contribution in [3.8, 4) is 0 Å². The SMILES string of the molecule is CCCCCCCCCC(=O)N1CCC(CC(C)OC(=O)C(C)=CCO)C1. The van der Waals surface area contributed by atoms with Crippen LogP contribution in [0, 0.1) is 5.92 Å². The molecule has 27 heavy (non-hydrogen) atoms. The quantitative estimate of drug-likeness (QED) is 0.294. The summed E-state index contributed by atoms with van der Waals surface area (Å²) >= 11 is 0. The van der Waals surface area contributed by atoms with Crippen molar-refractivity contribution in [2.75, 3.05) is 19.7 Å². The van der Waals surface area contributed by atoms with Gasteiger partial charge in [-0.25, -0.2) is 4.79 Å². The van der Waals surface area contributed by atoms with E-state index in [1.807, 2.05) is 11.8 Å². The number of aliphatic hydroxyl groups excluding tert-OH is 1. The lowest BCUT2D eigenvalue weighted by molar-refractivity contribution is -0.144. The highest BCUT2D eigenvalue weighted by atomic mass is 16.5. The second-order valence-corrected chi connectivity index (χ2v) is 7.89. The molecule has 0 aromatic carbocycles. The van der Waals surface area contributed by atoms with Crippen LogP contribution >= 0.6 is 0 Å². The first kappa shape index (κ1) is 23.7. The van der Waals surface area contributed by atoms with Gasteiger partial charge in [0, 0.05) is 25.1 Å². The molecule has 0 saturated carbocycles. The molecule has 1 rings (SSSR count). The van der Waals surface area contributed by atoms with Crippen LogP contribution in [0.2, 0.25) is 0 Å². The Morgan fingerprint density at radius 1 is 1.19 bits per heavy atom. The third-order valence-electron chi connectivity index (χ3n) is 5.33. The number of carbonyl (C=O) groups excluding carboxylic acids is 2. The molecule has 1 amide bonds. The van der Waals surface area contributed by atoms with Crippen LogP contribution in [0.5, 0.6) is 0 Å². The summed E-state index contributed by atoms with van der Waals surface area (Å²) < 4.78 is 5.42. The van der Waals surface area contributed by atoms with Gasteiger partial charge in [-0.05, 0) is 45.1 Å². The van der Waals surface area contributed by atoms with Gasteiger partial charge < -0.3 is 14.7 Å². The van der Waals surface area contributed by atoms with Crippen molar-refractivity contribution in [1.29, 1.82) is 0 Å². The van der Waals surface area contributed by atoms with Crippen LogP contribution in [0.3, 0.4) is 0 Å². The highest BCUT2D eigenvalue weighted by molar-refractivity contribution is 5.87. The van der Waals surface area contributed by atoms with Crippen molar-refractivity contribution >= 4 is 11.9 Å². The predicted molar refractivity (Wildman–Crippen MR) is 108 cm³/mol. The largest absolute Gasteiger partial charge is 0.459 e. The lowest BCUT2D eigenvalue weighted by atomic mass is 10.0. The van der Waals surface area contributed by atoms with Gasteiger partial charge in [0.25, 0.3) is 0 Å². The Balaban J connectivity index is 2.20. The van der Waals surface area contributed by atoms with Crippen LogP contribution in [-0.2, 0) is 14.3 Å². The van der Waals surface area contributed by atoms with E-state index in [4.69, 9.17) is 9.84 Å². The van der Waals surface area contributed by atoms with Gasteiger partial charge >= 0.3 is 5.97 Å². The Bertz CT molecular complexity index is 475. The summed E-state index contributed by atoms with van der Waals surface area (Å²) in [6.45, 7) is 7.21. The number of nitrogens with zero attached hydrogens (tertiary/aromatic N) is 1. The molecule has 1 aliphatic rings. The smallest absolute Gasteiger partial charge is 0.333 e. The minimum absolute atomic E-state index is 0.159. The molecule has 0 aromatic heterocycles. The molecule has 1 N–H and O–H groups in total. The van der Waals surface area contributed by atoms with Crippen molar-refractivity contribution in [2.45, 2.75) is 91.1 Å². The summed E-state index contributed by atoms with van der Waals surface area (Å²) in [5.41, 5.74) is 0.433. The summed E-state index contributed by atoms with van der Waals surface area (Å²) in [5, 5.41) is 8.83. The first-order valence-electron chi connectivity index (χ1n) is 10.7. The van der Waals surface area contributed by atoms with Gasteiger partial charge in [-0.15, -0.1) is 0 Å². The van der Waals surface area contributed by atoms with E-state index in [-0.39, 0.29) is 24.6 Å². The molecule has 2 unspecified atom stereocenters. The van der Waals surface area contributed by atoms with E-state index < -0.39 is 0 Å². The molecule has 1 heterocycles. The summed E-state index contributed by atoms with van der Waals surface area (Å²) in [7, 11) is 0. The zero-order chi connectivity index (χ0) is 20.1. The maximum Gasteiger partial charge on any atom is 0.333 e. The highest BCUT2D eigenvalue weighted by Gasteiger charge is 2.27. The molecule has 1 fully saturated rings. The molecule has 0 bridgehead atoms. The summed E-state index contributed by atoms with van der Waals surface area (Å²) in [4.78, 5) is 26.2. The van der Waals surface area contributed by atoms with Crippen molar-refractivity contribution in [3.63, 3.8) is 0 Å². The molecule has 0 aliphatic carbocycles. The van der Waals surface area contributed by atoms with Gasteiger partial charge in [-0.3, -0.25) is 4.79 Å². The van der Waals surface area contributed by atoms with E-state index >= 15 is 0 Å². The summed E-state index contributed by atoms with van der Waals surface area (Å²) in [6.07, 6.45) is 12.3. The van der Waals surface area contributed by atoms with Crippen molar-refractivity contribution in [2.24, 2.45) is 5.92 Å². The molecular weight excluding hydrogens is 342 g/mol. The minimum atomic E-state index is -0.374. The first-order valence-corrected chi connectivity index (χ1v) is 10.7. The fourth-order valence-corrected chi connectivity index (χ4v) is 3.66. The second-order valence-electron chi connectivity index (χ2n) is 7.89. The normalized spacial score (nSPS) is 18.6. The summed E-state index contributed by atoms with van der Waals surface area (Å²) in [6, 6.07) is 0. The Morgan fingerprint density at radius 2 is 1.85 bits per heavy atom. The predicted octanol–water partition coefficient (Wildman–Crippen LogP) is 4.24. The second kappa shape index (κ2) is 13.8. The number of rotatable bonds is 13. The van der Waals surface area contributed by atoms with E-state index in [1.165, 1.54) is 38.2 Å². The molecular formula is C22H39NO4. The van der Waals surface area contributed by atoms with Crippen LogP contribution in [0.1, 0.15) is 85.0 Å². The molecule has 1 saturated heterocycles. The first-order chi connectivity index (χ1) is 13.0. The van der Waals surface area contributed by atoms with Gasteiger partial charge in [-0.2, -0.15) is 0 Å². The Hall–Kier alpha value is -1.36. The number of hydrogen-bond acceptors (Lipinski definition) is 4. The molecule has 156 valence electrons. The number of amides is 1. The van der Waals surface area contributed by atoms with Crippen LogP contribution < -0.4 is 0 Å². The summed E-state index contributed by atoms with van der Waals surface area (Å²) in [5.74, 6) is 0.298. The average molecular weight is 382 g/mol. The topological polar surface area (TPSA) is 66.8 Å². The van der Waals surface area contributed by atoms with Gasteiger partial charge in [-0.1, -0.05) is 45.4 Å². The third kappa shape index (κ3) is 9.94. The molecule has 0 aromatic rings. The average Bonchev–Trinajstić information content (AvgIpc) is 3.09. The van der Waals surface area contributed by atoms with Crippen molar-refractivity contribution < 1.29 is 19.4 Å². The van der Waals surface area contributed by atoms with E-state index in [0.717, 1.165) is 38.8 Å². The number of aliphatic hydroxyl groups is 1. The van der Waals surface area contributed by atoms with Crippen molar-refractivity contribution in [1.82, 2.24) is 4.90 Å². The van der Waals surface area contributed by atoms with Gasteiger partial charge in [0.15, 0.2) is 0 Å². The van der Waals surface area contributed by atoms with Crippen molar-refractivity contribution in [3.05, 3.63) is 11.6 Å². The van der Waals surface area contributed by atoms with Gasteiger partial charge in [0.2, 0.25) is 5.91 Å². The number of unbranched alkanes of at least 4 members (excludes halogenated alkanes) is 6. The number of ether oxygens (including phenoxy) is 1. The fraction of sp³-hybridized carbons (Fsp3) is 0.818. The number of esters is 1. The van der Waals surface area contributed by atoms with Gasteiger partial charge in [0.05, 0.1) is 12.7 Å². The monoisotopic (exact) mass is 381 g/mol. The zero-order valence-electron chi connectivity index (χ0n) is 17.5. The minimum Gasteiger partial charge on any atom is -0.459 e. The number of carbonyl (C=O) groups is 2. The van der Waals surface area contributed by atoms with Gasteiger partial charge in [0.1, 0.15) is 0 Å². The highest BCUT2D eigenvalue weighted by Crippen LogP contribution is 2.23. The Labute approximate surface area is 165 Å². The zero-order valence-corrected chi connectivity index (χ0v) is 17.5. The van der Waals surface area contributed by atoms with Crippen LogP contribution in [0.4, 0.5) is 0 Å². The van der Waals surface area contributed by atoms with E-state index in [2.05, 4.69) is 6.92 Å². The number of hydrogen-bond donors (Lipinski definition) is 1. The van der Waals surface area contributed by atoms with E-state index in [1.54, 1.807) is 6.92 Å². The molecule has 5 heteroatoms. The third-order valence-corrected chi connectivity index (χ3v) is 5.33.